The van der Waals surface area contributed by atoms with Crippen LogP contribution in [0, 0.1) is 9.49 Å². The van der Waals surface area contributed by atoms with Crippen LogP contribution in [0.2, 0.25) is 0 Å². The molecule has 19 heavy (non-hydrogen) atoms. The van der Waals surface area contributed by atoms with Crippen LogP contribution in [0.15, 0.2) is 12.3 Å². The predicted octanol–water partition coefficient (Wildman–Crippen LogP) is 1.89. The average molecular weight is 376 g/mol. The van der Waals surface area contributed by atoms with Gasteiger partial charge in [0, 0.05) is 25.8 Å². The SMILES string of the molecule is COCOC[C@H]1C[C@H]2COc3c(I)ccnc3N2C1. The van der Waals surface area contributed by atoms with Gasteiger partial charge in [0.15, 0.2) is 11.6 Å². The number of aromatic nitrogens is 1. The Hall–Kier alpha value is -0.600. The fraction of sp³-hybridized carbons (Fsp3) is 0.615. The second-order valence-electron chi connectivity index (χ2n) is 4.94. The molecule has 0 unspecified atom stereocenters. The molecule has 0 radical (unpaired) electrons. The number of fused-ring (bicyclic) bond motifs is 3. The van der Waals surface area contributed by atoms with Crippen LogP contribution >= 0.6 is 22.6 Å². The summed E-state index contributed by atoms with van der Waals surface area (Å²) in [5.74, 6) is 2.43. The van der Waals surface area contributed by atoms with E-state index in [0.29, 0.717) is 18.8 Å². The molecule has 2 atom stereocenters. The highest BCUT2D eigenvalue weighted by atomic mass is 127. The zero-order valence-corrected chi connectivity index (χ0v) is 13.0. The van der Waals surface area contributed by atoms with Crippen molar-refractivity contribution in [1.82, 2.24) is 4.98 Å². The van der Waals surface area contributed by atoms with Crippen LogP contribution in [0.5, 0.6) is 5.75 Å². The maximum Gasteiger partial charge on any atom is 0.175 e. The molecule has 2 aliphatic rings. The summed E-state index contributed by atoms with van der Waals surface area (Å²) in [7, 11) is 1.65. The maximum atomic E-state index is 5.86. The van der Waals surface area contributed by atoms with Crippen molar-refractivity contribution in [2.45, 2.75) is 12.5 Å². The van der Waals surface area contributed by atoms with Gasteiger partial charge in [-0.25, -0.2) is 4.98 Å². The molecule has 104 valence electrons. The first-order chi connectivity index (χ1) is 9.29. The molecule has 1 saturated heterocycles. The molecule has 5 nitrogen and oxygen atoms in total. The van der Waals surface area contributed by atoms with Crippen LogP contribution in [0.1, 0.15) is 6.42 Å². The summed E-state index contributed by atoms with van der Waals surface area (Å²) in [4.78, 5) is 6.85. The third-order valence-electron chi connectivity index (χ3n) is 3.59. The van der Waals surface area contributed by atoms with Gasteiger partial charge in [-0.1, -0.05) is 0 Å². The summed E-state index contributed by atoms with van der Waals surface area (Å²) in [5, 5.41) is 0. The lowest BCUT2D eigenvalue weighted by atomic mass is 10.1. The predicted molar refractivity (Wildman–Crippen MR) is 79.5 cm³/mol. The smallest absolute Gasteiger partial charge is 0.175 e. The number of anilines is 1. The number of ether oxygens (including phenoxy) is 3. The van der Waals surface area contributed by atoms with Crippen LogP contribution in [-0.2, 0) is 9.47 Å². The highest BCUT2D eigenvalue weighted by molar-refractivity contribution is 14.1. The van der Waals surface area contributed by atoms with Crippen LogP contribution < -0.4 is 9.64 Å². The van der Waals surface area contributed by atoms with Crippen molar-refractivity contribution in [2.75, 3.05) is 38.6 Å². The topological polar surface area (TPSA) is 43.8 Å². The number of hydrogen-bond acceptors (Lipinski definition) is 5. The largest absolute Gasteiger partial charge is 0.486 e. The molecule has 3 rings (SSSR count). The van der Waals surface area contributed by atoms with Gasteiger partial charge in [0.25, 0.3) is 0 Å². The Balaban J connectivity index is 1.71. The van der Waals surface area contributed by atoms with Crippen molar-refractivity contribution in [2.24, 2.45) is 5.92 Å². The lowest BCUT2D eigenvalue weighted by molar-refractivity contribution is -0.0414. The Labute approximate surface area is 126 Å². The van der Waals surface area contributed by atoms with Crippen molar-refractivity contribution in [3.05, 3.63) is 15.8 Å². The normalized spacial score (nSPS) is 24.8. The lowest BCUT2D eigenvalue weighted by Gasteiger charge is -2.32. The first kappa shape index (κ1) is 13.4. The monoisotopic (exact) mass is 376 g/mol. The third-order valence-corrected chi connectivity index (χ3v) is 4.44. The molecule has 0 saturated carbocycles. The molecule has 1 fully saturated rings. The summed E-state index contributed by atoms with van der Waals surface area (Å²) in [5.41, 5.74) is 0. The summed E-state index contributed by atoms with van der Waals surface area (Å²) in [6, 6.07) is 2.41. The Kier molecular flexibility index (Phi) is 4.09. The van der Waals surface area contributed by atoms with E-state index in [1.165, 1.54) is 0 Å². The fourth-order valence-corrected chi connectivity index (χ4v) is 3.34. The van der Waals surface area contributed by atoms with Crippen LogP contribution in [0.25, 0.3) is 0 Å². The van der Waals surface area contributed by atoms with Gasteiger partial charge in [-0.3, -0.25) is 0 Å². The van der Waals surface area contributed by atoms with Crippen LogP contribution in [-0.4, -0.2) is 44.7 Å². The first-order valence-corrected chi connectivity index (χ1v) is 7.48. The summed E-state index contributed by atoms with van der Waals surface area (Å²) < 4.78 is 17.4. The molecule has 2 aliphatic heterocycles. The Bertz CT molecular complexity index is 458. The zero-order valence-electron chi connectivity index (χ0n) is 10.8. The van der Waals surface area contributed by atoms with E-state index in [1.807, 2.05) is 12.3 Å². The fourth-order valence-electron chi connectivity index (χ4n) is 2.78. The molecule has 0 amide bonds. The summed E-state index contributed by atoms with van der Waals surface area (Å²) >= 11 is 2.30. The molecule has 1 aromatic heterocycles. The maximum absolute atomic E-state index is 5.86. The minimum absolute atomic E-state index is 0.365. The Morgan fingerprint density at radius 2 is 2.47 bits per heavy atom. The van der Waals surface area contributed by atoms with Gasteiger partial charge in [-0.05, 0) is 35.1 Å². The molecule has 0 spiro atoms. The second kappa shape index (κ2) is 5.80. The molecule has 0 bridgehead atoms. The van der Waals surface area contributed by atoms with Gasteiger partial charge in [-0.2, -0.15) is 0 Å². The van der Waals surface area contributed by atoms with Crippen molar-refractivity contribution in [1.29, 1.82) is 0 Å². The van der Waals surface area contributed by atoms with E-state index in [9.17, 15) is 0 Å². The van der Waals surface area contributed by atoms with Gasteiger partial charge < -0.3 is 19.1 Å². The lowest BCUT2D eigenvalue weighted by Crippen LogP contribution is -2.39. The molecule has 0 aromatic carbocycles. The van der Waals surface area contributed by atoms with E-state index in [2.05, 4.69) is 32.5 Å². The summed E-state index contributed by atoms with van der Waals surface area (Å²) in [6.45, 7) is 2.83. The van der Waals surface area contributed by atoms with E-state index < -0.39 is 0 Å². The molecule has 1 aromatic rings. The van der Waals surface area contributed by atoms with Crippen LogP contribution in [0.4, 0.5) is 5.82 Å². The number of pyridine rings is 1. The molecular formula is C13H17IN2O3. The van der Waals surface area contributed by atoms with E-state index in [0.717, 1.165) is 41.3 Å². The number of methoxy groups -OCH3 is 1. The molecular weight excluding hydrogens is 359 g/mol. The number of hydrogen-bond donors (Lipinski definition) is 0. The summed E-state index contributed by atoms with van der Waals surface area (Å²) in [6.07, 6.45) is 2.94. The molecule has 3 heterocycles. The van der Waals surface area contributed by atoms with E-state index in [4.69, 9.17) is 14.2 Å². The first-order valence-electron chi connectivity index (χ1n) is 6.40. The van der Waals surface area contributed by atoms with Crippen molar-refractivity contribution in [3.63, 3.8) is 0 Å². The Morgan fingerprint density at radius 1 is 1.58 bits per heavy atom. The highest BCUT2D eigenvalue weighted by Crippen LogP contribution is 2.40. The van der Waals surface area contributed by atoms with E-state index in [1.54, 1.807) is 7.11 Å². The number of nitrogens with zero attached hydrogens (tertiary/aromatic N) is 2. The van der Waals surface area contributed by atoms with Gasteiger partial charge in [0.2, 0.25) is 0 Å². The van der Waals surface area contributed by atoms with Gasteiger partial charge >= 0.3 is 0 Å². The quantitative estimate of drug-likeness (QED) is 0.456. The van der Waals surface area contributed by atoms with Crippen molar-refractivity contribution < 1.29 is 14.2 Å². The molecule has 6 heteroatoms. The standard InChI is InChI=1S/C13H17IN2O3/c1-17-8-18-6-9-4-10-7-19-12-11(14)2-3-15-13(12)16(10)5-9/h2-3,9-10H,4-8H2,1H3/t9-,10-/m0/s1. The minimum Gasteiger partial charge on any atom is -0.486 e. The molecule has 0 aliphatic carbocycles. The van der Waals surface area contributed by atoms with Crippen molar-refractivity contribution >= 4 is 28.4 Å². The van der Waals surface area contributed by atoms with E-state index in [-0.39, 0.29) is 0 Å². The average Bonchev–Trinajstić information content (AvgIpc) is 2.82. The number of halogens is 1. The zero-order chi connectivity index (χ0) is 13.2. The third kappa shape index (κ3) is 2.66. The molecule has 0 N–H and O–H groups in total. The van der Waals surface area contributed by atoms with Crippen LogP contribution in [0.3, 0.4) is 0 Å². The van der Waals surface area contributed by atoms with Gasteiger partial charge in [0.1, 0.15) is 13.4 Å². The van der Waals surface area contributed by atoms with E-state index >= 15 is 0 Å². The Morgan fingerprint density at radius 3 is 3.32 bits per heavy atom. The highest BCUT2D eigenvalue weighted by Gasteiger charge is 2.38. The minimum atomic E-state index is 0.365. The second-order valence-corrected chi connectivity index (χ2v) is 6.10. The van der Waals surface area contributed by atoms with Crippen molar-refractivity contribution in [3.8, 4) is 5.75 Å². The number of rotatable bonds is 4. The van der Waals surface area contributed by atoms with Gasteiger partial charge in [-0.15, -0.1) is 0 Å². The van der Waals surface area contributed by atoms with Gasteiger partial charge in [0.05, 0.1) is 16.2 Å².